The molecule has 0 saturated carbocycles. The van der Waals surface area contributed by atoms with Gasteiger partial charge in [0, 0.05) is 63.5 Å². The maximum atomic E-state index is 5.05. The molecule has 1 aliphatic heterocycles. The molecular formula is C18H24N4O. The van der Waals surface area contributed by atoms with E-state index in [9.17, 15) is 0 Å². The van der Waals surface area contributed by atoms with Gasteiger partial charge >= 0.3 is 0 Å². The fourth-order valence-corrected chi connectivity index (χ4v) is 2.95. The number of methoxy groups -OCH3 is 1. The standard InChI is InChI=1S/C18H24N4O/c1-23-15-18-19-12-16(13-20-18)14-21-8-5-9-22(11-10-21)17-6-3-2-4-7-17/h2-4,6-7,12-13H,5,8-11,14-15H2,1H3. The molecule has 1 aromatic heterocycles. The SMILES string of the molecule is COCc1ncc(CN2CCCN(c3ccccc3)CC2)cn1. The summed E-state index contributed by atoms with van der Waals surface area (Å²) in [6, 6.07) is 10.7. The minimum Gasteiger partial charge on any atom is -0.377 e. The zero-order chi connectivity index (χ0) is 15.9. The molecule has 5 nitrogen and oxygen atoms in total. The Balaban J connectivity index is 1.55. The highest BCUT2D eigenvalue weighted by Gasteiger charge is 2.15. The van der Waals surface area contributed by atoms with Crippen molar-refractivity contribution in [2.24, 2.45) is 0 Å². The molecular weight excluding hydrogens is 288 g/mol. The van der Waals surface area contributed by atoms with Gasteiger partial charge in [0.25, 0.3) is 0 Å². The summed E-state index contributed by atoms with van der Waals surface area (Å²) in [5.41, 5.74) is 2.49. The van der Waals surface area contributed by atoms with E-state index in [0.717, 1.165) is 44.1 Å². The van der Waals surface area contributed by atoms with E-state index in [0.29, 0.717) is 6.61 Å². The van der Waals surface area contributed by atoms with Crippen LogP contribution in [0.5, 0.6) is 0 Å². The Labute approximate surface area is 137 Å². The van der Waals surface area contributed by atoms with Gasteiger partial charge in [-0.2, -0.15) is 0 Å². The molecule has 1 aliphatic rings. The van der Waals surface area contributed by atoms with Gasteiger partial charge < -0.3 is 9.64 Å². The zero-order valence-corrected chi connectivity index (χ0v) is 13.7. The molecule has 0 aliphatic carbocycles. The minimum atomic E-state index is 0.468. The topological polar surface area (TPSA) is 41.5 Å². The van der Waals surface area contributed by atoms with Crippen LogP contribution in [0, 0.1) is 0 Å². The van der Waals surface area contributed by atoms with Gasteiger partial charge in [0.15, 0.2) is 5.82 Å². The first-order valence-electron chi connectivity index (χ1n) is 8.16. The molecule has 0 amide bonds. The highest BCUT2D eigenvalue weighted by molar-refractivity contribution is 5.46. The van der Waals surface area contributed by atoms with Gasteiger partial charge in [-0.3, -0.25) is 4.90 Å². The molecule has 0 atom stereocenters. The van der Waals surface area contributed by atoms with Crippen molar-refractivity contribution in [1.29, 1.82) is 0 Å². The molecule has 0 unspecified atom stereocenters. The number of rotatable bonds is 5. The summed E-state index contributed by atoms with van der Waals surface area (Å²) in [5.74, 6) is 0.738. The maximum Gasteiger partial charge on any atom is 0.153 e. The number of benzene rings is 1. The number of hydrogen-bond donors (Lipinski definition) is 0. The lowest BCUT2D eigenvalue weighted by atomic mass is 10.3. The van der Waals surface area contributed by atoms with Gasteiger partial charge in [-0.15, -0.1) is 0 Å². The van der Waals surface area contributed by atoms with Crippen molar-refractivity contribution in [3.63, 3.8) is 0 Å². The first kappa shape index (κ1) is 15.9. The Morgan fingerprint density at radius 2 is 1.78 bits per heavy atom. The average Bonchev–Trinajstić information content (AvgIpc) is 2.83. The Bertz CT molecular complexity index is 588. The third-order valence-electron chi connectivity index (χ3n) is 4.15. The third kappa shape index (κ3) is 4.50. The number of ether oxygens (including phenoxy) is 1. The molecule has 122 valence electrons. The Hall–Kier alpha value is -1.98. The lowest BCUT2D eigenvalue weighted by molar-refractivity contribution is 0.177. The summed E-state index contributed by atoms with van der Waals surface area (Å²) in [6.07, 6.45) is 5.01. The van der Waals surface area contributed by atoms with E-state index >= 15 is 0 Å². The van der Waals surface area contributed by atoms with Crippen molar-refractivity contribution in [2.75, 3.05) is 38.2 Å². The van der Waals surface area contributed by atoms with Crippen LogP contribution in [0.25, 0.3) is 0 Å². The van der Waals surface area contributed by atoms with E-state index < -0.39 is 0 Å². The number of aromatic nitrogens is 2. The molecule has 0 bridgehead atoms. The van der Waals surface area contributed by atoms with E-state index in [-0.39, 0.29) is 0 Å². The second kappa shape index (κ2) is 8.04. The number of anilines is 1. The summed E-state index contributed by atoms with van der Waals surface area (Å²) in [7, 11) is 1.66. The maximum absolute atomic E-state index is 5.05. The molecule has 0 spiro atoms. The zero-order valence-electron chi connectivity index (χ0n) is 13.7. The van der Waals surface area contributed by atoms with E-state index in [4.69, 9.17) is 4.74 Å². The van der Waals surface area contributed by atoms with Crippen molar-refractivity contribution < 1.29 is 4.74 Å². The first-order valence-corrected chi connectivity index (χ1v) is 8.16. The number of nitrogens with zero attached hydrogens (tertiary/aromatic N) is 4. The molecule has 2 aromatic rings. The van der Waals surface area contributed by atoms with Gasteiger partial charge in [0.2, 0.25) is 0 Å². The van der Waals surface area contributed by atoms with Crippen molar-refractivity contribution in [3.8, 4) is 0 Å². The lowest BCUT2D eigenvalue weighted by Crippen LogP contribution is -2.30. The van der Waals surface area contributed by atoms with E-state index in [1.807, 2.05) is 12.4 Å². The van der Waals surface area contributed by atoms with Crippen LogP contribution in [0.3, 0.4) is 0 Å². The molecule has 1 fully saturated rings. The van der Waals surface area contributed by atoms with Gasteiger partial charge in [0.1, 0.15) is 6.61 Å². The quantitative estimate of drug-likeness (QED) is 0.847. The predicted molar refractivity (Wildman–Crippen MR) is 91.3 cm³/mol. The molecule has 3 rings (SSSR count). The van der Waals surface area contributed by atoms with Crippen molar-refractivity contribution in [2.45, 2.75) is 19.6 Å². The highest BCUT2D eigenvalue weighted by Crippen LogP contribution is 2.16. The smallest absolute Gasteiger partial charge is 0.153 e. The third-order valence-corrected chi connectivity index (χ3v) is 4.15. The second-order valence-corrected chi connectivity index (χ2v) is 5.89. The number of hydrogen-bond acceptors (Lipinski definition) is 5. The van der Waals surface area contributed by atoms with E-state index in [1.165, 1.54) is 12.1 Å². The van der Waals surface area contributed by atoms with Crippen LogP contribution in [0.1, 0.15) is 17.8 Å². The predicted octanol–water partition coefficient (Wildman–Crippen LogP) is 2.34. The molecule has 0 N–H and O–H groups in total. The van der Waals surface area contributed by atoms with Crippen molar-refractivity contribution in [1.82, 2.24) is 14.9 Å². The number of para-hydroxylation sites is 1. The highest BCUT2D eigenvalue weighted by atomic mass is 16.5. The largest absolute Gasteiger partial charge is 0.377 e. The molecule has 1 saturated heterocycles. The molecule has 23 heavy (non-hydrogen) atoms. The summed E-state index contributed by atoms with van der Waals surface area (Å²) in [4.78, 5) is 13.6. The Morgan fingerprint density at radius 3 is 2.52 bits per heavy atom. The molecule has 2 heterocycles. The van der Waals surface area contributed by atoms with Gasteiger partial charge in [-0.05, 0) is 18.6 Å². The van der Waals surface area contributed by atoms with E-state index in [2.05, 4.69) is 50.1 Å². The minimum absolute atomic E-state index is 0.468. The molecule has 0 radical (unpaired) electrons. The van der Waals surface area contributed by atoms with Crippen LogP contribution in [-0.4, -0.2) is 48.2 Å². The molecule has 1 aromatic carbocycles. The summed E-state index contributed by atoms with van der Waals surface area (Å²) >= 11 is 0. The second-order valence-electron chi connectivity index (χ2n) is 5.89. The fourth-order valence-electron chi connectivity index (χ4n) is 2.95. The summed E-state index contributed by atoms with van der Waals surface area (Å²) in [5, 5.41) is 0. The summed E-state index contributed by atoms with van der Waals surface area (Å²) in [6.45, 7) is 5.74. The van der Waals surface area contributed by atoms with Crippen molar-refractivity contribution >= 4 is 5.69 Å². The monoisotopic (exact) mass is 312 g/mol. The van der Waals surface area contributed by atoms with Crippen LogP contribution >= 0.6 is 0 Å². The van der Waals surface area contributed by atoms with Crippen LogP contribution < -0.4 is 4.90 Å². The van der Waals surface area contributed by atoms with Crippen molar-refractivity contribution in [3.05, 3.63) is 54.1 Å². The Morgan fingerprint density at radius 1 is 1.00 bits per heavy atom. The van der Waals surface area contributed by atoms with E-state index in [1.54, 1.807) is 7.11 Å². The average molecular weight is 312 g/mol. The van der Waals surface area contributed by atoms with Gasteiger partial charge in [-0.1, -0.05) is 18.2 Å². The fraction of sp³-hybridized carbons (Fsp3) is 0.444. The normalized spacial score (nSPS) is 16.3. The first-order chi connectivity index (χ1) is 11.3. The lowest BCUT2D eigenvalue weighted by Gasteiger charge is -2.23. The summed E-state index contributed by atoms with van der Waals surface area (Å²) < 4.78 is 5.05. The van der Waals surface area contributed by atoms with Crippen LogP contribution in [-0.2, 0) is 17.9 Å². The van der Waals surface area contributed by atoms with Gasteiger partial charge in [-0.25, -0.2) is 9.97 Å². The van der Waals surface area contributed by atoms with Gasteiger partial charge in [0.05, 0.1) is 0 Å². The van der Waals surface area contributed by atoms with Crippen LogP contribution in [0.4, 0.5) is 5.69 Å². The Kier molecular flexibility index (Phi) is 5.56. The van der Waals surface area contributed by atoms with Crippen LogP contribution in [0.2, 0.25) is 0 Å². The molecule has 5 heteroatoms. The van der Waals surface area contributed by atoms with Crippen LogP contribution in [0.15, 0.2) is 42.7 Å².